The van der Waals surface area contributed by atoms with Gasteiger partial charge in [-0.3, -0.25) is 14.3 Å². The summed E-state index contributed by atoms with van der Waals surface area (Å²) in [5.74, 6) is 1.18. The second-order valence-electron chi connectivity index (χ2n) is 7.38. The number of carbonyl (C=O) groups is 1. The number of rotatable bonds is 7. The number of ketones is 1. The van der Waals surface area contributed by atoms with Gasteiger partial charge in [0.05, 0.1) is 17.2 Å². The molecule has 0 amide bonds. The second kappa shape index (κ2) is 9.06. The fourth-order valence-electron chi connectivity index (χ4n) is 3.65. The van der Waals surface area contributed by atoms with E-state index in [-0.39, 0.29) is 5.78 Å². The molecule has 3 heterocycles. The average Bonchev–Trinajstić information content (AvgIpc) is 3.40. The first-order chi connectivity index (χ1) is 15.7. The first-order valence-corrected chi connectivity index (χ1v) is 12.0. The van der Waals surface area contributed by atoms with Gasteiger partial charge in [-0.05, 0) is 41.6 Å². The standard InChI is InChI=1S/C25H20N4OS2/c1-17-20-11-5-6-12-22(20)32-23(17)21(30)16-31-25-28-27-24(19-10-7-13-26-14-19)29(25)15-18-8-3-2-4-9-18/h2-14H,15-16H2,1H3. The summed E-state index contributed by atoms with van der Waals surface area (Å²) in [7, 11) is 0. The molecule has 5 aromatic rings. The Balaban J connectivity index is 1.43. The molecule has 7 heteroatoms. The zero-order chi connectivity index (χ0) is 21.9. The van der Waals surface area contributed by atoms with Gasteiger partial charge in [0.1, 0.15) is 0 Å². The molecule has 158 valence electrons. The number of hydrogen-bond donors (Lipinski definition) is 0. The number of pyridine rings is 1. The van der Waals surface area contributed by atoms with Gasteiger partial charge in [0.25, 0.3) is 0 Å². The van der Waals surface area contributed by atoms with E-state index in [2.05, 4.69) is 44.0 Å². The smallest absolute Gasteiger partial charge is 0.192 e. The van der Waals surface area contributed by atoms with Crippen molar-refractivity contribution in [2.45, 2.75) is 18.6 Å². The van der Waals surface area contributed by atoms with Crippen LogP contribution < -0.4 is 0 Å². The van der Waals surface area contributed by atoms with Gasteiger partial charge in [0.2, 0.25) is 0 Å². The number of benzene rings is 2. The third-order valence-corrected chi connectivity index (χ3v) is 7.53. The summed E-state index contributed by atoms with van der Waals surface area (Å²) in [5, 5.41) is 10.7. The predicted octanol–water partition coefficient (Wildman–Crippen LogP) is 5.89. The van der Waals surface area contributed by atoms with E-state index in [4.69, 9.17) is 0 Å². The summed E-state index contributed by atoms with van der Waals surface area (Å²) in [5.41, 5.74) is 3.10. The van der Waals surface area contributed by atoms with Crippen LogP contribution in [0.5, 0.6) is 0 Å². The summed E-state index contributed by atoms with van der Waals surface area (Å²) >= 11 is 2.99. The summed E-state index contributed by atoms with van der Waals surface area (Å²) in [6.07, 6.45) is 3.52. The number of fused-ring (bicyclic) bond motifs is 1. The van der Waals surface area contributed by atoms with Crippen LogP contribution in [0.3, 0.4) is 0 Å². The molecular formula is C25H20N4OS2. The van der Waals surface area contributed by atoms with Crippen LogP contribution >= 0.6 is 23.1 Å². The summed E-state index contributed by atoms with van der Waals surface area (Å²) in [6.45, 7) is 2.64. The Morgan fingerprint density at radius 2 is 1.81 bits per heavy atom. The van der Waals surface area contributed by atoms with Crippen molar-refractivity contribution in [1.29, 1.82) is 0 Å². The molecule has 0 radical (unpaired) electrons. The SMILES string of the molecule is Cc1c(C(=O)CSc2nnc(-c3cccnc3)n2Cc2ccccc2)sc2ccccc12. The molecule has 32 heavy (non-hydrogen) atoms. The number of carbonyl (C=O) groups excluding carboxylic acids is 1. The van der Waals surface area contributed by atoms with E-state index in [0.29, 0.717) is 12.3 Å². The van der Waals surface area contributed by atoms with Crippen molar-refractivity contribution in [3.63, 3.8) is 0 Å². The zero-order valence-corrected chi connectivity index (χ0v) is 19.1. The molecule has 0 saturated heterocycles. The molecule has 0 spiro atoms. The van der Waals surface area contributed by atoms with Gasteiger partial charge in [0, 0.05) is 22.7 Å². The lowest BCUT2D eigenvalue weighted by molar-refractivity contribution is 0.102. The van der Waals surface area contributed by atoms with Gasteiger partial charge >= 0.3 is 0 Å². The lowest BCUT2D eigenvalue weighted by atomic mass is 10.1. The van der Waals surface area contributed by atoms with Crippen LogP contribution in [0.25, 0.3) is 21.5 Å². The number of thiophene rings is 1. The van der Waals surface area contributed by atoms with Gasteiger partial charge in [-0.2, -0.15) is 0 Å². The van der Waals surface area contributed by atoms with Gasteiger partial charge in [-0.25, -0.2) is 0 Å². The molecule has 0 bridgehead atoms. The van der Waals surface area contributed by atoms with Crippen LogP contribution in [0.4, 0.5) is 0 Å². The third-order valence-electron chi connectivity index (χ3n) is 5.25. The highest BCUT2D eigenvalue weighted by atomic mass is 32.2. The van der Waals surface area contributed by atoms with Crippen molar-refractivity contribution in [1.82, 2.24) is 19.7 Å². The molecule has 5 nitrogen and oxygen atoms in total. The number of Topliss-reactive ketones (excluding diaryl/α,β-unsaturated/α-hetero) is 1. The molecule has 0 aliphatic heterocycles. The highest BCUT2D eigenvalue weighted by Gasteiger charge is 2.19. The molecule has 3 aromatic heterocycles. The highest BCUT2D eigenvalue weighted by molar-refractivity contribution is 7.99. The molecule has 0 unspecified atom stereocenters. The van der Waals surface area contributed by atoms with Gasteiger partial charge in [-0.1, -0.05) is 60.3 Å². The minimum absolute atomic E-state index is 0.117. The maximum atomic E-state index is 13.1. The first kappa shape index (κ1) is 20.6. The molecule has 0 aliphatic rings. The topological polar surface area (TPSA) is 60.7 Å². The largest absolute Gasteiger partial charge is 0.297 e. The van der Waals surface area contributed by atoms with E-state index in [1.807, 2.05) is 49.4 Å². The molecule has 5 rings (SSSR count). The van der Waals surface area contributed by atoms with Crippen LogP contribution in [0, 0.1) is 6.92 Å². The van der Waals surface area contributed by atoms with Crippen molar-refractivity contribution in [2.75, 3.05) is 5.75 Å². The Labute approximate surface area is 194 Å². The molecule has 0 atom stereocenters. The van der Waals surface area contributed by atoms with Crippen LogP contribution in [-0.2, 0) is 6.54 Å². The monoisotopic (exact) mass is 456 g/mol. The molecular weight excluding hydrogens is 436 g/mol. The van der Waals surface area contributed by atoms with Gasteiger partial charge in [-0.15, -0.1) is 21.5 Å². The first-order valence-electron chi connectivity index (χ1n) is 10.2. The highest BCUT2D eigenvalue weighted by Crippen LogP contribution is 2.32. The summed E-state index contributed by atoms with van der Waals surface area (Å²) < 4.78 is 3.20. The Morgan fingerprint density at radius 1 is 1.00 bits per heavy atom. The quantitative estimate of drug-likeness (QED) is 0.226. The van der Waals surface area contributed by atoms with Crippen molar-refractivity contribution in [3.05, 3.63) is 95.1 Å². The maximum absolute atomic E-state index is 13.1. The molecule has 0 N–H and O–H groups in total. The van der Waals surface area contributed by atoms with E-state index in [0.717, 1.165) is 42.6 Å². The van der Waals surface area contributed by atoms with E-state index >= 15 is 0 Å². The minimum Gasteiger partial charge on any atom is -0.297 e. The van der Waals surface area contributed by atoms with Gasteiger partial charge in [0.15, 0.2) is 16.8 Å². The van der Waals surface area contributed by atoms with Crippen molar-refractivity contribution < 1.29 is 4.79 Å². The summed E-state index contributed by atoms with van der Waals surface area (Å²) in [4.78, 5) is 18.1. The predicted molar refractivity (Wildman–Crippen MR) is 130 cm³/mol. The van der Waals surface area contributed by atoms with Crippen LogP contribution in [0.15, 0.2) is 84.3 Å². The molecule has 2 aromatic carbocycles. The van der Waals surface area contributed by atoms with Crippen LogP contribution in [0.2, 0.25) is 0 Å². The Morgan fingerprint density at radius 3 is 2.59 bits per heavy atom. The molecule has 0 aliphatic carbocycles. The number of thioether (sulfide) groups is 1. The lowest BCUT2D eigenvalue weighted by Gasteiger charge is -2.10. The Kier molecular flexibility index (Phi) is 5.83. The molecule has 0 saturated carbocycles. The van der Waals surface area contributed by atoms with Crippen LogP contribution in [-0.4, -0.2) is 31.3 Å². The number of hydrogen-bond acceptors (Lipinski definition) is 6. The lowest BCUT2D eigenvalue weighted by Crippen LogP contribution is -2.07. The fourth-order valence-corrected chi connectivity index (χ4v) is 5.70. The van der Waals surface area contributed by atoms with Crippen molar-refractivity contribution >= 4 is 39.0 Å². The van der Waals surface area contributed by atoms with E-state index in [1.165, 1.54) is 11.8 Å². The summed E-state index contributed by atoms with van der Waals surface area (Å²) in [6, 6.07) is 22.2. The zero-order valence-electron chi connectivity index (χ0n) is 17.4. The van der Waals surface area contributed by atoms with E-state index in [9.17, 15) is 4.79 Å². The second-order valence-corrected chi connectivity index (χ2v) is 9.38. The van der Waals surface area contributed by atoms with Gasteiger partial charge < -0.3 is 0 Å². The molecule has 0 fully saturated rings. The maximum Gasteiger partial charge on any atom is 0.192 e. The Bertz CT molecular complexity index is 1380. The third kappa shape index (κ3) is 4.09. The fraction of sp³-hybridized carbons (Fsp3) is 0.120. The van der Waals surface area contributed by atoms with Crippen molar-refractivity contribution in [3.8, 4) is 11.4 Å². The van der Waals surface area contributed by atoms with E-state index < -0.39 is 0 Å². The van der Waals surface area contributed by atoms with Crippen molar-refractivity contribution in [2.24, 2.45) is 0 Å². The minimum atomic E-state index is 0.117. The number of aryl methyl sites for hydroxylation is 1. The normalized spacial score (nSPS) is 11.2. The number of nitrogens with zero attached hydrogens (tertiary/aromatic N) is 4. The van der Waals surface area contributed by atoms with E-state index in [1.54, 1.807) is 23.7 Å². The average molecular weight is 457 g/mol. The van der Waals surface area contributed by atoms with Crippen LogP contribution in [0.1, 0.15) is 20.8 Å². The Hall–Kier alpha value is -3.29. The number of aromatic nitrogens is 4.